The van der Waals surface area contributed by atoms with Crippen molar-refractivity contribution in [1.82, 2.24) is 4.90 Å². The van der Waals surface area contributed by atoms with E-state index in [0.717, 1.165) is 16.8 Å². The van der Waals surface area contributed by atoms with Gasteiger partial charge in [0.1, 0.15) is 11.6 Å². The van der Waals surface area contributed by atoms with Gasteiger partial charge in [-0.25, -0.2) is 13.3 Å². The van der Waals surface area contributed by atoms with E-state index in [-0.39, 0.29) is 27.5 Å². The SMILES string of the molecule is CCS(=O)(=O)C1=NSC2=NC(=O)/C(=C\c3ccc(OCCCOc4ccccc4OC)cc3)C(=N)N21. The molecular weight excluding hydrogens is 504 g/mol. The lowest BCUT2D eigenvalue weighted by molar-refractivity contribution is -0.114. The number of ether oxygens (including phenoxy) is 3. The Balaban J connectivity index is 1.36. The molecule has 0 atom stereocenters. The molecule has 0 aromatic heterocycles. The maximum atomic E-state index is 12.5. The molecule has 0 aliphatic carbocycles. The Morgan fingerprint density at radius 1 is 1.06 bits per heavy atom. The van der Waals surface area contributed by atoms with Crippen molar-refractivity contribution in [3.8, 4) is 17.2 Å². The van der Waals surface area contributed by atoms with Crippen molar-refractivity contribution in [2.45, 2.75) is 13.3 Å². The number of benzene rings is 2. The van der Waals surface area contributed by atoms with Gasteiger partial charge in [-0.3, -0.25) is 10.2 Å². The molecule has 2 heterocycles. The lowest BCUT2D eigenvalue weighted by atomic mass is 10.1. The van der Waals surface area contributed by atoms with E-state index in [9.17, 15) is 13.2 Å². The third kappa shape index (κ3) is 5.44. The van der Waals surface area contributed by atoms with Crippen LogP contribution in [0.15, 0.2) is 63.5 Å². The van der Waals surface area contributed by atoms with Crippen LogP contribution in [-0.2, 0) is 14.6 Å². The van der Waals surface area contributed by atoms with E-state index in [4.69, 9.17) is 19.6 Å². The maximum Gasteiger partial charge on any atom is 0.283 e. The smallest absolute Gasteiger partial charge is 0.283 e. The minimum absolute atomic E-state index is 0.0255. The number of hydrogen-bond acceptors (Lipinski definition) is 9. The quantitative estimate of drug-likeness (QED) is 0.297. The zero-order valence-electron chi connectivity index (χ0n) is 19.6. The first-order valence-corrected chi connectivity index (χ1v) is 13.5. The lowest BCUT2D eigenvalue weighted by Gasteiger charge is -2.24. The summed E-state index contributed by atoms with van der Waals surface area (Å²) in [7, 11) is -2.10. The second-order valence-corrected chi connectivity index (χ2v) is 10.5. The van der Waals surface area contributed by atoms with Crippen molar-refractivity contribution < 1.29 is 27.4 Å². The van der Waals surface area contributed by atoms with Crippen LogP contribution in [0.25, 0.3) is 6.08 Å². The zero-order valence-corrected chi connectivity index (χ0v) is 21.3. The molecule has 0 saturated heterocycles. The summed E-state index contributed by atoms with van der Waals surface area (Å²) in [6.07, 6.45) is 2.16. The standard InChI is InChI=1S/C24H24N4O6S2/c1-3-36(30,31)24-27-35-23-26-22(29)18(21(25)28(23)24)15-16-9-11-17(12-10-16)33-13-6-14-34-20-8-5-4-7-19(20)32-2/h4-5,7-12,15,25H,3,6,13-14H2,1-2H3/b18-15-,25-21?. The normalized spacial score (nSPS) is 16.5. The van der Waals surface area contributed by atoms with Gasteiger partial charge in [0.05, 0.1) is 43.6 Å². The van der Waals surface area contributed by atoms with Crippen LogP contribution in [0.2, 0.25) is 0 Å². The predicted molar refractivity (Wildman–Crippen MR) is 140 cm³/mol. The fraction of sp³-hybridized carbons (Fsp3) is 0.250. The van der Waals surface area contributed by atoms with Gasteiger partial charge in [-0.2, -0.15) is 9.39 Å². The number of carbonyl (C=O) groups excluding carboxylic acids is 1. The molecule has 1 N–H and O–H groups in total. The molecule has 2 aromatic carbocycles. The van der Waals surface area contributed by atoms with Crippen LogP contribution in [0, 0.1) is 5.41 Å². The van der Waals surface area contributed by atoms with Gasteiger partial charge in [0.25, 0.3) is 5.91 Å². The van der Waals surface area contributed by atoms with Crippen LogP contribution < -0.4 is 14.2 Å². The Labute approximate surface area is 213 Å². The first-order valence-electron chi connectivity index (χ1n) is 11.0. The van der Waals surface area contributed by atoms with E-state index in [1.165, 1.54) is 13.0 Å². The molecule has 36 heavy (non-hydrogen) atoms. The molecule has 4 rings (SSSR count). The van der Waals surface area contributed by atoms with Crippen molar-refractivity contribution in [3.63, 3.8) is 0 Å². The van der Waals surface area contributed by atoms with Crippen molar-refractivity contribution in [1.29, 1.82) is 5.41 Å². The van der Waals surface area contributed by atoms with Gasteiger partial charge in [-0.15, -0.1) is 0 Å². The summed E-state index contributed by atoms with van der Waals surface area (Å²) < 4.78 is 45.3. The largest absolute Gasteiger partial charge is 0.493 e. The number of nitrogens with one attached hydrogen (secondary N) is 1. The highest BCUT2D eigenvalue weighted by atomic mass is 32.2. The molecule has 0 spiro atoms. The Morgan fingerprint density at radius 2 is 1.75 bits per heavy atom. The van der Waals surface area contributed by atoms with Crippen molar-refractivity contribution in [3.05, 3.63) is 59.7 Å². The van der Waals surface area contributed by atoms with Crippen LogP contribution in [-0.4, -0.2) is 61.5 Å². The highest BCUT2D eigenvalue weighted by Gasteiger charge is 2.42. The minimum atomic E-state index is -3.69. The molecule has 188 valence electrons. The summed E-state index contributed by atoms with van der Waals surface area (Å²) in [6, 6.07) is 14.4. The molecule has 10 nitrogen and oxygen atoms in total. The van der Waals surface area contributed by atoms with E-state index in [0.29, 0.717) is 42.4 Å². The number of amidine groups is 3. The van der Waals surface area contributed by atoms with Gasteiger partial charge >= 0.3 is 0 Å². The van der Waals surface area contributed by atoms with Crippen molar-refractivity contribution >= 4 is 49.9 Å². The van der Waals surface area contributed by atoms with E-state index in [2.05, 4.69) is 9.39 Å². The molecule has 1 amide bonds. The monoisotopic (exact) mass is 528 g/mol. The van der Waals surface area contributed by atoms with Crippen molar-refractivity contribution in [2.24, 2.45) is 9.39 Å². The Hall–Kier alpha value is -3.64. The molecule has 2 aliphatic heterocycles. The summed E-state index contributed by atoms with van der Waals surface area (Å²) >= 11 is 0.770. The molecule has 0 radical (unpaired) electrons. The molecular formula is C24H24N4O6S2. The van der Waals surface area contributed by atoms with E-state index in [1.807, 2.05) is 24.3 Å². The third-order valence-corrected chi connectivity index (χ3v) is 7.63. The van der Waals surface area contributed by atoms with Gasteiger partial charge in [-0.05, 0) is 35.9 Å². The maximum absolute atomic E-state index is 12.5. The van der Waals surface area contributed by atoms with Gasteiger partial charge < -0.3 is 14.2 Å². The number of hydrogen-bond donors (Lipinski definition) is 1. The van der Waals surface area contributed by atoms with Crippen LogP contribution in [0.4, 0.5) is 0 Å². The van der Waals surface area contributed by atoms with Gasteiger partial charge in [0, 0.05) is 6.42 Å². The first-order chi connectivity index (χ1) is 17.3. The number of carbonyl (C=O) groups is 1. The number of rotatable bonds is 9. The molecule has 2 aromatic rings. The molecule has 0 saturated carbocycles. The predicted octanol–water partition coefficient (Wildman–Crippen LogP) is 3.55. The topological polar surface area (TPSA) is 131 Å². The highest BCUT2D eigenvalue weighted by molar-refractivity contribution is 8.16. The Bertz CT molecular complexity index is 1370. The van der Waals surface area contributed by atoms with Gasteiger partial charge in [0.15, 0.2) is 11.5 Å². The molecule has 0 unspecified atom stereocenters. The molecule has 2 aliphatic rings. The van der Waals surface area contributed by atoms with Crippen LogP contribution >= 0.6 is 11.9 Å². The summed E-state index contributed by atoms with van der Waals surface area (Å²) in [5.41, 5.74) is 0.611. The fourth-order valence-corrected chi connectivity index (χ4v) is 5.29. The van der Waals surface area contributed by atoms with E-state index >= 15 is 0 Å². The summed E-state index contributed by atoms with van der Waals surface area (Å²) in [5, 5.41) is 8.23. The number of aliphatic imine (C=N–C) groups is 1. The number of fused-ring (bicyclic) bond motifs is 1. The molecule has 0 fully saturated rings. The number of amides is 1. The zero-order chi connectivity index (χ0) is 25.7. The molecule has 0 bridgehead atoms. The number of methoxy groups -OCH3 is 1. The van der Waals surface area contributed by atoms with Crippen LogP contribution in [0.3, 0.4) is 0 Å². The van der Waals surface area contributed by atoms with Gasteiger partial charge in [0.2, 0.25) is 20.2 Å². The second-order valence-electron chi connectivity index (χ2n) is 7.58. The fourth-order valence-electron chi connectivity index (χ4n) is 3.32. The Kier molecular flexibility index (Phi) is 7.75. The second kappa shape index (κ2) is 11.0. The summed E-state index contributed by atoms with van der Waals surface area (Å²) in [6.45, 7) is 2.40. The average molecular weight is 529 g/mol. The van der Waals surface area contributed by atoms with E-state index < -0.39 is 15.7 Å². The number of sulfone groups is 1. The van der Waals surface area contributed by atoms with Crippen LogP contribution in [0.5, 0.6) is 17.2 Å². The average Bonchev–Trinajstić information content (AvgIpc) is 3.32. The third-order valence-electron chi connectivity index (χ3n) is 5.23. The highest BCUT2D eigenvalue weighted by Crippen LogP contribution is 2.30. The lowest BCUT2D eigenvalue weighted by Crippen LogP contribution is -2.45. The van der Waals surface area contributed by atoms with Crippen LogP contribution in [0.1, 0.15) is 18.9 Å². The number of nitrogens with zero attached hydrogens (tertiary/aromatic N) is 3. The molecule has 12 heteroatoms. The number of para-hydroxylation sites is 2. The Morgan fingerprint density at radius 3 is 2.44 bits per heavy atom. The summed E-state index contributed by atoms with van der Waals surface area (Å²) in [4.78, 5) is 17.5. The first kappa shape index (κ1) is 25.5. The summed E-state index contributed by atoms with van der Waals surface area (Å²) in [5.74, 6) is 0.910. The van der Waals surface area contributed by atoms with Crippen molar-refractivity contribution in [2.75, 3.05) is 26.1 Å². The minimum Gasteiger partial charge on any atom is -0.493 e. The van der Waals surface area contributed by atoms with Gasteiger partial charge in [-0.1, -0.05) is 31.2 Å². The van der Waals surface area contributed by atoms with E-state index in [1.54, 1.807) is 31.4 Å².